The van der Waals surface area contributed by atoms with Crippen LogP contribution < -0.4 is 9.47 Å². The molecule has 2 aromatic carbocycles. The smallest absolute Gasteiger partial charge is 0.148 e. The number of benzene rings is 2. The fraction of sp³-hybridized carbons (Fsp3) is 0.0526. The molecule has 0 amide bonds. The van der Waals surface area contributed by atoms with E-state index in [-0.39, 0.29) is 13.2 Å². The van der Waals surface area contributed by atoms with Gasteiger partial charge in [0.05, 0.1) is 22.8 Å². The molecule has 2 aliphatic rings. The van der Waals surface area contributed by atoms with Crippen molar-refractivity contribution in [2.75, 3.05) is 13.2 Å². The molecule has 7 rings (SSSR count). The van der Waals surface area contributed by atoms with Crippen LogP contribution >= 0.6 is 0 Å². The Labute approximate surface area is 254 Å². The fourth-order valence-corrected chi connectivity index (χ4v) is 5.37. The van der Waals surface area contributed by atoms with Crippen molar-refractivity contribution in [3.8, 4) is 58.4 Å². The van der Waals surface area contributed by atoms with Gasteiger partial charge in [0.1, 0.15) is 24.7 Å². The highest BCUT2D eigenvalue weighted by Gasteiger charge is 2.13. The predicted molar refractivity (Wildman–Crippen MR) is 178 cm³/mol. The van der Waals surface area contributed by atoms with Crippen LogP contribution in [-0.4, -0.2) is 33.1 Å². The minimum Gasteiger partial charge on any atom is -0.481 e. The Morgan fingerprint density at radius 1 is 0.545 bits per heavy atom. The molecule has 0 fully saturated rings. The highest BCUT2D eigenvalue weighted by atomic mass is 16.5. The van der Waals surface area contributed by atoms with Gasteiger partial charge < -0.3 is 19.4 Å². The Balaban J connectivity index is 1.43. The quantitative estimate of drug-likeness (QED) is 0.199. The summed E-state index contributed by atoms with van der Waals surface area (Å²) in [4.78, 5) is 17.2. The predicted octanol–water partition coefficient (Wildman–Crippen LogP) is 8.01. The van der Waals surface area contributed by atoms with Crippen LogP contribution in [0.5, 0.6) is 11.5 Å². The second kappa shape index (κ2) is 11.6. The van der Waals surface area contributed by atoms with Gasteiger partial charge in [0.25, 0.3) is 0 Å². The second-order valence-electron chi connectivity index (χ2n) is 10.2. The first-order valence-corrected chi connectivity index (χ1v) is 14.1. The molecule has 0 saturated heterocycles. The number of terminal acetylenes is 2. The van der Waals surface area contributed by atoms with Gasteiger partial charge in [-0.25, -0.2) is 9.97 Å². The van der Waals surface area contributed by atoms with E-state index in [9.17, 15) is 0 Å². The summed E-state index contributed by atoms with van der Waals surface area (Å²) >= 11 is 0. The van der Waals surface area contributed by atoms with Crippen molar-refractivity contribution in [3.63, 3.8) is 0 Å². The average Bonchev–Trinajstić information content (AvgIpc) is 3.87. The van der Waals surface area contributed by atoms with Crippen LogP contribution in [0.2, 0.25) is 0 Å². The fourth-order valence-electron chi connectivity index (χ4n) is 5.37. The maximum atomic E-state index is 5.59. The third-order valence-electron chi connectivity index (χ3n) is 7.33. The third-order valence-corrected chi connectivity index (χ3v) is 7.33. The number of nitrogens with one attached hydrogen (secondary N) is 2. The number of nitrogens with zero attached hydrogens (tertiary/aromatic N) is 2. The zero-order valence-corrected chi connectivity index (χ0v) is 23.7. The van der Waals surface area contributed by atoms with Gasteiger partial charge in [-0.2, -0.15) is 0 Å². The maximum absolute atomic E-state index is 5.59. The first-order chi connectivity index (χ1) is 21.7. The summed E-state index contributed by atoms with van der Waals surface area (Å²) in [6, 6.07) is 28.1. The van der Waals surface area contributed by atoms with Gasteiger partial charge in [0.2, 0.25) is 0 Å². The van der Waals surface area contributed by atoms with Crippen LogP contribution in [0.3, 0.4) is 0 Å². The number of aromatic amines is 2. The molecule has 0 spiro atoms. The lowest BCUT2D eigenvalue weighted by molar-refractivity contribution is 0.370. The van der Waals surface area contributed by atoms with Gasteiger partial charge in [-0.1, -0.05) is 36.1 Å². The van der Waals surface area contributed by atoms with E-state index in [0.29, 0.717) is 0 Å². The molecule has 8 bridgehead atoms. The Bertz CT molecular complexity index is 2030. The van der Waals surface area contributed by atoms with Crippen molar-refractivity contribution in [2.45, 2.75) is 0 Å². The van der Waals surface area contributed by atoms with E-state index in [1.54, 1.807) is 0 Å². The molecule has 6 heteroatoms. The number of fused-ring (bicyclic) bond motifs is 8. The molecule has 2 N–H and O–H groups in total. The molecule has 0 aliphatic carbocycles. The summed E-state index contributed by atoms with van der Waals surface area (Å²) in [6.45, 7) is 0.446. The van der Waals surface area contributed by atoms with E-state index in [0.717, 1.165) is 78.6 Å². The van der Waals surface area contributed by atoms with Crippen molar-refractivity contribution in [3.05, 3.63) is 108 Å². The minimum absolute atomic E-state index is 0.223. The molecule has 5 heterocycles. The highest BCUT2D eigenvalue weighted by molar-refractivity contribution is 5.93. The van der Waals surface area contributed by atoms with Gasteiger partial charge in [-0.05, 0) is 96.1 Å². The molecule has 0 atom stereocenters. The van der Waals surface area contributed by atoms with Crippen LogP contribution in [0.4, 0.5) is 0 Å². The number of hydrogen-bond acceptors (Lipinski definition) is 4. The molecule has 210 valence electrons. The Hall–Kier alpha value is -6.24. The van der Waals surface area contributed by atoms with Crippen molar-refractivity contribution in [1.82, 2.24) is 19.9 Å². The standard InChI is InChI=1S/C38H26N4O2/c1-3-21-43-31-13-5-25(6-14-31)37-33-17-9-27(39-33)23-29-11-19-35(41-29)38(26-7-15-32(16-8-26)44-22-4-2)36-20-12-30(42-36)24-28-10-18-34(37)40-28/h1-2,5-20,23-24,39,42H,21-22H2. The summed E-state index contributed by atoms with van der Waals surface area (Å²) in [5, 5.41) is 0. The van der Waals surface area contributed by atoms with Gasteiger partial charge in [0.15, 0.2) is 0 Å². The van der Waals surface area contributed by atoms with Crippen LogP contribution in [0, 0.1) is 24.7 Å². The molecule has 0 unspecified atom stereocenters. The summed E-state index contributed by atoms with van der Waals surface area (Å²) in [6.07, 6.45) is 18.9. The van der Waals surface area contributed by atoms with Gasteiger partial charge in [0, 0.05) is 33.2 Å². The monoisotopic (exact) mass is 570 g/mol. The van der Waals surface area contributed by atoms with Crippen molar-refractivity contribution < 1.29 is 9.47 Å². The van der Waals surface area contributed by atoms with E-state index >= 15 is 0 Å². The number of rotatable bonds is 6. The average molecular weight is 571 g/mol. The van der Waals surface area contributed by atoms with Crippen LogP contribution in [0.25, 0.3) is 68.6 Å². The van der Waals surface area contributed by atoms with Crippen molar-refractivity contribution in [1.29, 1.82) is 0 Å². The number of ether oxygens (including phenoxy) is 2. The lowest BCUT2D eigenvalue weighted by atomic mass is 10.0. The van der Waals surface area contributed by atoms with Crippen LogP contribution in [0.15, 0.2) is 84.9 Å². The molecule has 5 aromatic rings. The van der Waals surface area contributed by atoms with E-state index in [1.165, 1.54) is 0 Å². The van der Waals surface area contributed by atoms with Crippen molar-refractivity contribution >= 4 is 46.4 Å². The topological polar surface area (TPSA) is 75.8 Å². The lowest BCUT2D eigenvalue weighted by Crippen LogP contribution is -1.93. The first kappa shape index (κ1) is 26.6. The molecule has 2 aliphatic heterocycles. The van der Waals surface area contributed by atoms with E-state index < -0.39 is 0 Å². The molecule has 3 aromatic heterocycles. The number of aromatic nitrogens is 4. The molecular weight excluding hydrogens is 544 g/mol. The van der Waals surface area contributed by atoms with E-state index in [2.05, 4.69) is 46.1 Å². The van der Waals surface area contributed by atoms with E-state index in [4.69, 9.17) is 32.3 Å². The summed E-state index contributed by atoms with van der Waals surface area (Å²) in [5.74, 6) is 6.44. The second-order valence-corrected chi connectivity index (χ2v) is 10.2. The third kappa shape index (κ3) is 5.36. The first-order valence-electron chi connectivity index (χ1n) is 14.1. The molecule has 44 heavy (non-hydrogen) atoms. The molecule has 0 radical (unpaired) electrons. The zero-order valence-electron chi connectivity index (χ0n) is 23.7. The number of H-pyrrole nitrogens is 2. The number of hydrogen-bond donors (Lipinski definition) is 2. The summed E-state index contributed by atoms with van der Waals surface area (Å²) in [7, 11) is 0. The molecule has 6 nitrogen and oxygen atoms in total. The normalized spacial score (nSPS) is 11.6. The summed E-state index contributed by atoms with van der Waals surface area (Å²) < 4.78 is 11.2. The van der Waals surface area contributed by atoms with Gasteiger partial charge >= 0.3 is 0 Å². The zero-order chi connectivity index (χ0) is 29.9. The van der Waals surface area contributed by atoms with Crippen LogP contribution in [0.1, 0.15) is 22.8 Å². The van der Waals surface area contributed by atoms with Gasteiger partial charge in [-0.15, -0.1) is 12.8 Å². The van der Waals surface area contributed by atoms with E-state index in [1.807, 2.05) is 85.0 Å². The Morgan fingerprint density at radius 3 is 1.39 bits per heavy atom. The van der Waals surface area contributed by atoms with Crippen LogP contribution in [-0.2, 0) is 0 Å². The maximum Gasteiger partial charge on any atom is 0.148 e. The molecule has 0 saturated carbocycles. The van der Waals surface area contributed by atoms with Gasteiger partial charge in [-0.3, -0.25) is 0 Å². The minimum atomic E-state index is 0.223. The largest absolute Gasteiger partial charge is 0.481 e. The highest BCUT2D eigenvalue weighted by Crippen LogP contribution is 2.33. The SMILES string of the molecule is C#CCOc1ccc(-c2c3nc(cc4ccc([nH]4)c(-c4ccc(OCC#C)cc4)c4nc(cc5ccc2[nH]5)C=C4)C=C3)cc1. The van der Waals surface area contributed by atoms with Crippen molar-refractivity contribution in [2.24, 2.45) is 0 Å². The Kier molecular flexibility index (Phi) is 7.00. The molecular formula is C38H26N4O2. The lowest BCUT2D eigenvalue weighted by Gasteiger charge is -2.06. The Morgan fingerprint density at radius 2 is 0.977 bits per heavy atom. The summed E-state index contributed by atoms with van der Waals surface area (Å²) in [5.41, 5.74) is 11.1.